The fourth-order valence-corrected chi connectivity index (χ4v) is 5.13. The van der Waals surface area contributed by atoms with Crippen molar-refractivity contribution >= 4 is 62.0 Å². The van der Waals surface area contributed by atoms with Gasteiger partial charge in [0.15, 0.2) is 0 Å². The third-order valence-electron chi connectivity index (χ3n) is 4.23. The summed E-state index contributed by atoms with van der Waals surface area (Å²) in [6.07, 6.45) is 0. The van der Waals surface area contributed by atoms with E-state index in [1.807, 2.05) is 42.1 Å². The van der Waals surface area contributed by atoms with Crippen LogP contribution in [0.2, 0.25) is 10.0 Å². The van der Waals surface area contributed by atoms with Gasteiger partial charge >= 0.3 is 0 Å². The lowest BCUT2D eigenvalue weighted by Crippen LogP contribution is -2.21. The maximum absolute atomic E-state index is 12.6. The Morgan fingerprint density at radius 1 is 1.25 bits per heavy atom. The Bertz CT molecular complexity index is 1180. The summed E-state index contributed by atoms with van der Waals surface area (Å²) in [5.41, 5.74) is 2.77. The molecule has 1 N–H and O–H groups in total. The van der Waals surface area contributed by atoms with E-state index >= 15 is 0 Å². The molecular formula is C19H16Cl2N4OS2. The summed E-state index contributed by atoms with van der Waals surface area (Å²) < 4.78 is 1.88. The highest BCUT2D eigenvalue weighted by Crippen LogP contribution is 2.30. The maximum atomic E-state index is 12.6. The molecule has 144 valence electrons. The van der Waals surface area contributed by atoms with E-state index in [9.17, 15) is 4.79 Å². The predicted molar refractivity (Wildman–Crippen MR) is 116 cm³/mol. The number of nitrogens with one attached hydrogen (secondary N) is 1. The number of hydrogen-bond acceptors (Lipinski definition) is 5. The maximum Gasteiger partial charge on any atom is 0.261 e. The molecule has 28 heavy (non-hydrogen) atoms. The molecule has 0 atom stereocenters. The van der Waals surface area contributed by atoms with Crippen molar-refractivity contribution in [1.29, 1.82) is 0 Å². The van der Waals surface area contributed by atoms with Gasteiger partial charge in [0, 0.05) is 26.5 Å². The summed E-state index contributed by atoms with van der Waals surface area (Å²) in [5, 5.41) is 12.6. The van der Waals surface area contributed by atoms with E-state index < -0.39 is 0 Å². The van der Waals surface area contributed by atoms with Crippen molar-refractivity contribution in [1.82, 2.24) is 20.1 Å². The number of rotatable bonds is 5. The Kier molecular flexibility index (Phi) is 5.42. The van der Waals surface area contributed by atoms with Crippen LogP contribution in [-0.2, 0) is 13.1 Å². The van der Waals surface area contributed by atoms with Gasteiger partial charge in [-0.2, -0.15) is 5.10 Å². The number of aromatic nitrogens is 3. The molecule has 0 fully saturated rings. The molecule has 3 aromatic heterocycles. The minimum Gasteiger partial charge on any atom is -0.345 e. The Balaban J connectivity index is 1.56. The van der Waals surface area contributed by atoms with Crippen LogP contribution in [0.3, 0.4) is 0 Å². The average Bonchev–Trinajstić information content (AvgIpc) is 3.33. The predicted octanol–water partition coefficient (Wildman–Crippen LogP) is 5.46. The number of thiazole rings is 1. The molecule has 1 aromatic carbocycles. The highest BCUT2D eigenvalue weighted by atomic mass is 35.5. The van der Waals surface area contributed by atoms with Gasteiger partial charge in [0.2, 0.25) is 0 Å². The van der Waals surface area contributed by atoms with Gasteiger partial charge in [-0.3, -0.25) is 9.48 Å². The Hall–Kier alpha value is -1.93. The number of carbonyl (C=O) groups is 1. The van der Waals surface area contributed by atoms with E-state index in [4.69, 9.17) is 23.2 Å². The topological polar surface area (TPSA) is 59.8 Å². The van der Waals surface area contributed by atoms with Crippen molar-refractivity contribution in [2.75, 3.05) is 0 Å². The van der Waals surface area contributed by atoms with Gasteiger partial charge in [-0.05, 0) is 37.6 Å². The molecule has 4 rings (SSSR count). The van der Waals surface area contributed by atoms with Gasteiger partial charge in [-0.15, -0.1) is 22.7 Å². The van der Waals surface area contributed by atoms with Crippen molar-refractivity contribution < 1.29 is 4.79 Å². The molecule has 4 aromatic rings. The van der Waals surface area contributed by atoms with E-state index in [1.54, 1.807) is 17.4 Å². The van der Waals surface area contributed by atoms with Gasteiger partial charge in [-0.1, -0.05) is 29.3 Å². The second-order valence-corrected chi connectivity index (χ2v) is 9.19. The lowest BCUT2D eigenvalue weighted by atomic mass is 10.2. The summed E-state index contributed by atoms with van der Waals surface area (Å²) in [7, 11) is 0. The lowest BCUT2D eigenvalue weighted by Gasteiger charge is -2.06. The number of nitrogens with zero attached hydrogens (tertiary/aromatic N) is 3. The normalized spacial score (nSPS) is 11.3. The van der Waals surface area contributed by atoms with Crippen molar-refractivity contribution in [3.63, 3.8) is 0 Å². The highest BCUT2D eigenvalue weighted by Gasteiger charge is 2.17. The van der Waals surface area contributed by atoms with Gasteiger partial charge in [0.1, 0.15) is 9.84 Å². The fraction of sp³-hybridized carbons (Fsp3) is 0.211. The van der Waals surface area contributed by atoms with Crippen molar-refractivity contribution in [2.45, 2.75) is 26.9 Å². The van der Waals surface area contributed by atoms with E-state index in [2.05, 4.69) is 15.4 Å². The number of aryl methyl sites for hydroxylation is 2. The molecule has 0 aliphatic carbocycles. The Morgan fingerprint density at radius 3 is 2.79 bits per heavy atom. The molecule has 0 aliphatic rings. The van der Waals surface area contributed by atoms with Gasteiger partial charge in [-0.25, -0.2) is 4.98 Å². The molecule has 5 nitrogen and oxygen atoms in total. The second-order valence-electron chi connectivity index (χ2n) is 6.37. The van der Waals surface area contributed by atoms with Gasteiger partial charge < -0.3 is 5.32 Å². The van der Waals surface area contributed by atoms with Crippen LogP contribution < -0.4 is 5.32 Å². The van der Waals surface area contributed by atoms with Crippen LogP contribution in [-0.4, -0.2) is 20.7 Å². The van der Waals surface area contributed by atoms with Crippen molar-refractivity contribution in [2.24, 2.45) is 0 Å². The van der Waals surface area contributed by atoms with Crippen LogP contribution in [0.1, 0.15) is 31.6 Å². The van der Waals surface area contributed by atoms with Crippen LogP contribution in [0.25, 0.3) is 10.2 Å². The fourth-order valence-electron chi connectivity index (χ4n) is 2.87. The average molecular weight is 451 g/mol. The molecule has 3 heterocycles. The number of benzene rings is 1. The first-order valence-corrected chi connectivity index (χ1v) is 11.0. The monoisotopic (exact) mass is 450 g/mol. The zero-order valence-electron chi connectivity index (χ0n) is 15.1. The van der Waals surface area contributed by atoms with Crippen LogP contribution in [0.4, 0.5) is 0 Å². The van der Waals surface area contributed by atoms with Crippen LogP contribution in [0, 0.1) is 13.8 Å². The van der Waals surface area contributed by atoms with Gasteiger partial charge in [0.05, 0.1) is 23.7 Å². The minimum atomic E-state index is -0.107. The number of fused-ring (bicyclic) bond motifs is 1. The van der Waals surface area contributed by atoms with E-state index in [-0.39, 0.29) is 5.91 Å². The molecule has 0 saturated heterocycles. The van der Waals surface area contributed by atoms with Crippen LogP contribution >= 0.6 is 45.9 Å². The number of hydrogen-bond donors (Lipinski definition) is 1. The first-order chi connectivity index (χ1) is 13.4. The van der Waals surface area contributed by atoms with E-state index in [0.717, 1.165) is 32.2 Å². The van der Waals surface area contributed by atoms with Crippen molar-refractivity contribution in [3.8, 4) is 0 Å². The molecular weight excluding hydrogens is 435 g/mol. The summed E-state index contributed by atoms with van der Waals surface area (Å²) in [6.45, 7) is 4.82. The van der Waals surface area contributed by atoms with Crippen LogP contribution in [0.15, 0.2) is 29.6 Å². The summed E-state index contributed by atoms with van der Waals surface area (Å²) >= 11 is 15.2. The zero-order valence-corrected chi connectivity index (χ0v) is 18.3. The molecule has 0 bridgehead atoms. The summed E-state index contributed by atoms with van der Waals surface area (Å²) in [4.78, 5) is 18.5. The molecule has 0 radical (unpaired) electrons. The largest absolute Gasteiger partial charge is 0.345 e. The molecule has 0 saturated carbocycles. The Morgan fingerprint density at radius 2 is 2.07 bits per heavy atom. The third-order valence-corrected chi connectivity index (χ3v) is 6.93. The lowest BCUT2D eigenvalue weighted by molar-refractivity contribution is 0.0955. The standard InChI is InChI=1S/C19H16Cl2N4OS2/c1-10-9-27-17(23-10)7-22-18(26)16-6-14-11(2)24-25(19(14)28-16)8-12-3-4-13(20)5-15(12)21/h3-6,9H,7-8H2,1-2H3,(H,22,26). The first kappa shape index (κ1) is 19.4. The van der Waals surface area contributed by atoms with Gasteiger partial charge in [0.25, 0.3) is 5.91 Å². The highest BCUT2D eigenvalue weighted by molar-refractivity contribution is 7.20. The molecule has 0 unspecified atom stereocenters. The van der Waals surface area contributed by atoms with E-state index in [0.29, 0.717) is 28.0 Å². The summed E-state index contributed by atoms with van der Waals surface area (Å²) in [5.74, 6) is -0.107. The first-order valence-electron chi connectivity index (χ1n) is 8.51. The molecule has 1 amide bonds. The summed E-state index contributed by atoms with van der Waals surface area (Å²) in [6, 6.07) is 7.32. The van der Waals surface area contributed by atoms with Crippen molar-refractivity contribution in [3.05, 3.63) is 66.5 Å². The quantitative estimate of drug-likeness (QED) is 0.439. The number of carbonyl (C=O) groups excluding carboxylic acids is 1. The Labute approximate surface area is 179 Å². The number of thiophene rings is 1. The minimum absolute atomic E-state index is 0.107. The zero-order chi connectivity index (χ0) is 19.8. The van der Waals surface area contributed by atoms with Crippen LogP contribution in [0.5, 0.6) is 0 Å². The smallest absolute Gasteiger partial charge is 0.261 e. The number of amides is 1. The third kappa shape index (κ3) is 3.93. The molecule has 9 heteroatoms. The number of halogens is 2. The second kappa shape index (κ2) is 7.83. The SMILES string of the molecule is Cc1csc(CNC(=O)c2cc3c(C)nn(Cc4ccc(Cl)cc4Cl)c3s2)n1. The van der Waals surface area contributed by atoms with E-state index in [1.165, 1.54) is 11.3 Å². The molecule has 0 spiro atoms. The molecule has 0 aliphatic heterocycles.